The van der Waals surface area contributed by atoms with E-state index in [9.17, 15) is 13.2 Å². The van der Waals surface area contributed by atoms with Crippen LogP contribution < -0.4 is 0 Å². The fourth-order valence-electron chi connectivity index (χ4n) is 1.12. The topological polar surface area (TPSA) is 30.7 Å². The first kappa shape index (κ1) is 11.1. The molecule has 0 aliphatic carbocycles. The zero-order chi connectivity index (χ0) is 11.8. The van der Waals surface area contributed by atoms with E-state index in [2.05, 4.69) is 26.0 Å². The van der Waals surface area contributed by atoms with Crippen molar-refractivity contribution >= 4 is 15.9 Å². The number of hydrogen-bond acceptors (Lipinski definition) is 2. The molecule has 0 aromatic carbocycles. The Morgan fingerprint density at radius 3 is 2.38 bits per heavy atom. The highest BCUT2D eigenvalue weighted by Crippen LogP contribution is 2.28. The lowest BCUT2D eigenvalue weighted by Gasteiger charge is -2.06. The van der Waals surface area contributed by atoms with E-state index in [0.717, 1.165) is 16.7 Å². The lowest BCUT2D eigenvalue weighted by molar-refractivity contribution is -0.137. The summed E-state index contributed by atoms with van der Waals surface area (Å²) in [4.78, 5) is 3.69. The molecular formula is C9H5BrF3N3. The molecule has 2 heterocycles. The fourth-order valence-corrected chi connectivity index (χ4v) is 1.40. The van der Waals surface area contributed by atoms with Gasteiger partial charge in [0.25, 0.3) is 0 Å². The first-order valence-corrected chi connectivity index (χ1v) is 5.00. The maximum Gasteiger partial charge on any atom is 0.417 e. The Morgan fingerprint density at radius 2 is 1.94 bits per heavy atom. The van der Waals surface area contributed by atoms with Crippen LogP contribution in [-0.2, 0) is 6.18 Å². The van der Waals surface area contributed by atoms with Crippen molar-refractivity contribution in [1.82, 2.24) is 14.8 Å². The van der Waals surface area contributed by atoms with Gasteiger partial charge in [0.15, 0.2) is 5.82 Å². The van der Waals surface area contributed by atoms with Crippen LogP contribution in [0.2, 0.25) is 0 Å². The summed E-state index contributed by atoms with van der Waals surface area (Å²) in [5.41, 5.74) is -0.775. The Bertz CT molecular complexity index is 489. The zero-order valence-electron chi connectivity index (χ0n) is 7.74. The standard InChI is InChI=1S/C9H5BrF3N3/c10-7-4-15-16(5-7)8-2-1-6(3-14-8)9(11,12)13/h1-5H. The largest absolute Gasteiger partial charge is 0.417 e. The van der Waals surface area contributed by atoms with Crippen LogP contribution >= 0.6 is 15.9 Å². The predicted octanol–water partition coefficient (Wildman–Crippen LogP) is 3.05. The molecule has 0 aliphatic heterocycles. The summed E-state index contributed by atoms with van der Waals surface area (Å²) in [7, 11) is 0. The van der Waals surface area contributed by atoms with Crippen LogP contribution in [0.15, 0.2) is 35.2 Å². The summed E-state index contributed by atoms with van der Waals surface area (Å²) >= 11 is 3.18. The average molecular weight is 292 g/mol. The molecular weight excluding hydrogens is 287 g/mol. The van der Waals surface area contributed by atoms with Crippen LogP contribution in [0.1, 0.15) is 5.56 Å². The van der Waals surface area contributed by atoms with E-state index in [1.54, 1.807) is 6.20 Å². The SMILES string of the molecule is FC(F)(F)c1ccc(-n2cc(Br)cn2)nc1. The zero-order valence-corrected chi connectivity index (χ0v) is 9.33. The number of pyridine rings is 1. The monoisotopic (exact) mass is 291 g/mol. The summed E-state index contributed by atoms with van der Waals surface area (Å²) in [5.74, 6) is 0.332. The highest BCUT2D eigenvalue weighted by molar-refractivity contribution is 9.10. The van der Waals surface area contributed by atoms with Gasteiger partial charge in [-0.05, 0) is 28.1 Å². The number of halogens is 4. The number of rotatable bonds is 1. The van der Waals surface area contributed by atoms with Crippen molar-refractivity contribution in [3.63, 3.8) is 0 Å². The third kappa shape index (κ3) is 2.24. The normalized spacial score (nSPS) is 11.8. The van der Waals surface area contributed by atoms with Gasteiger partial charge in [0.1, 0.15) is 0 Å². The molecule has 0 atom stereocenters. The van der Waals surface area contributed by atoms with Gasteiger partial charge in [-0.2, -0.15) is 18.3 Å². The van der Waals surface area contributed by atoms with Gasteiger partial charge in [0, 0.05) is 12.4 Å². The Balaban J connectivity index is 2.33. The minimum atomic E-state index is -4.36. The number of hydrogen-bond donors (Lipinski definition) is 0. The molecule has 0 unspecified atom stereocenters. The van der Waals surface area contributed by atoms with E-state index >= 15 is 0 Å². The van der Waals surface area contributed by atoms with Crippen LogP contribution in [0.4, 0.5) is 13.2 Å². The van der Waals surface area contributed by atoms with Crippen molar-refractivity contribution in [2.75, 3.05) is 0 Å². The molecule has 0 aliphatic rings. The van der Waals surface area contributed by atoms with Gasteiger partial charge in [-0.1, -0.05) is 0 Å². The van der Waals surface area contributed by atoms with Gasteiger partial charge < -0.3 is 0 Å². The summed E-state index contributed by atoms with van der Waals surface area (Å²) in [5, 5.41) is 3.90. The van der Waals surface area contributed by atoms with E-state index in [-0.39, 0.29) is 0 Å². The lowest BCUT2D eigenvalue weighted by Crippen LogP contribution is -2.06. The van der Waals surface area contributed by atoms with Crippen molar-refractivity contribution < 1.29 is 13.2 Å². The van der Waals surface area contributed by atoms with E-state index in [0.29, 0.717) is 5.82 Å². The molecule has 0 N–H and O–H groups in total. The maximum atomic E-state index is 12.3. The summed E-state index contributed by atoms with van der Waals surface area (Å²) in [6.07, 6.45) is -0.448. The molecule has 0 saturated carbocycles. The average Bonchev–Trinajstić information content (AvgIpc) is 2.64. The number of nitrogens with zero attached hydrogens (tertiary/aromatic N) is 3. The second-order valence-corrected chi connectivity index (χ2v) is 3.92. The van der Waals surface area contributed by atoms with Gasteiger partial charge in [-0.25, -0.2) is 9.67 Å². The number of alkyl halides is 3. The summed E-state index contributed by atoms with van der Waals surface area (Å²) in [6.45, 7) is 0. The van der Waals surface area contributed by atoms with Gasteiger partial charge in [0.2, 0.25) is 0 Å². The molecule has 2 aromatic rings. The molecule has 0 saturated heterocycles. The highest BCUT2D eigenvalue weighted by atomic mass is 79.9. The van der Waals surface area contributed by atoms with E-state index < -0.39 is 11.7 Å². The molecule has 0 bridgehead atoms. The van der Waals surface area contributed by atoms with E-state index in [1.165, 1.54) is 16.9 Å². The second kappa shape index (κ2) is 3.89. The van der Waals surface area contributed by atoms with Crippen molar-refractivity contribution in [2.45, 2.75) is 6.18 Å². The van der Waals surface area contributed by atoms with Crippen LogP contribution in [0.3, 0.4) is 0 Å². The van der Waals surface area contributed by atoms with Crippen LogP contribution in [0.25, 0.3) is 5.82 Å². The first-order chi connectivity index (χ1) is 7.47. The van der Waals surface area contributed by atoms with Crippen molar-refractivity contribution in [1.29, 1.82) is 0 Å². The van der Waals surface area contributed by atoms with E-state index in [1.807, 2.05) is 0 Å². The Kier molecular flexibility index (Phi) is 2.71. The molecule has 2 aromatic heterocycles. The minimum absolute atomic E-state index is 0.332. The molecule has 0 spiro atoms. The van der Waals surface area contributed by atoms with Gasteiger partial charge in [-0.3, -0.25) is 0 Å². The minimum Gasteiger partial charge on any atom is -0.237 e. The molecule has 0 amide bonds. The van der Waals surface area contributed by atoms with Crippen molar-refractivity contribution in [2.24, 2.45) is 0 Å². The maximum absolute atomic E-state index is 12.3. The van der Waals surface area contributed by atoms with Crippen LogP contribution in [0.5, 0.6) is 0 Å². The van der Waals surface area contributed by atoms with Gasteiger partial charge in [-0.15, -0.1) is 0 Å². The molecule has 0 fully saturated rings. The third-order valence-electron chi connectivity index (χ3n) is 1.86. The summed E-state index contributed by atoms with van der Waals surface area (Å²) < 4.78 is 38.9. The van der Waals surface area contributed by atoms with Gasteiger partial charge in [0.05, 0.1) is 16.2 Å². The van der Waals surface area contributed by atoms with Gasteiger partial charge >= 0.3 is 6.18 Å². The van der Waals surface area contributed by atoms with Crippen LogP contribution in [-0.4, -0.2) is 14.8 Å². The lowest BCUT2D eigenvalue weighted by atomic mass is 10.3. The Labute approximate surface area is 97.0 Å². The molecule has 84 valence electrons. The predicted molar refractivity (Wildman–Crippen MR) is 54.1 cm³/mol. The van der Waals surface area contributed by atoms with E-state index in [4.69, 9.17) is 0 Å². The quantitative estimate of drug-likeness (QED) is 0.808. The molecule has 2 rings (SSSR count). The van der Waals surface area contributed by atoms with Crippen LogP contribution in [0, 0.1) is 0 Å². The second-order valence-electron chi connectivity index (χ2n) is 3.01. The molecule has 16 heavy (non-hydrogen) atoms. The smallest absolute Gasteiger partial charge is 0.237 e. The molecule has 0 radical (unpaired) electrons. The fraction of sp³-hybridized carbons (Fsp3) is 0.111. The van der Waals surface area contributed by atoms with Crippen molar-refractivity contribution in [3.8, 4) is 5.82 Å². The summed E-state index contributed by atoms with van der Waals surface area (Å²) in [6, 6.07) is 2.24. The third-order valence-corrected chi connectivity index (χ3v) is 2.27. The Morgan fingerprint density at radius 1 is 1.19 bits per heavy atom. The van der Waals surface area contributed by atoms with Crippen molar-refractivity contribution in [3.05, 3.63) is 40.8 Å². The Hall–Kier alpha value is -1.37. The molecule has 7 heteroatoms. The highest BCUT2D eigenvalue weighted by Gasteiger charge is 2.30. The molecule has 3 nitrogen and oxygen atoms in total. The first-order valence-electron chi connectivity index (χ1n) is 4.20. The number of aromatic nitrogens is 3.